The Hall–Kier alpha value is -2.60. The molecule has 24 heavy (non-hydrogen) atoms. The van der Waals surface area contributed by atoms with Crippen LogP contribution in [-0.4, -0.2) is 35.6 Å². The van der Waals surface area contributed by atoms with Gasteiger partial charge in [-0.3, -0.25) is 9.59 Å². The van der Waals surface area contributed by atoms with E-state index in [2.05, 4.69) is 10.3 Å². The second kappa shape index (κ2) is 8.31. The summed E-state index contributed by atoms with van der Waals surface area (Å²) in [5.74, 6) is -1.25. The molecule has 1 aromatic carbocycles. The van der Waals surface area contributed by atoms with E-state index in [1.54, 1.807) is 24.3 Å². The largest absolute Gasteiger partial charge is 0.508 e. The molecule has 7 heteroatoms. The molecule has 1 atom stereocenters. The second-order valence-corrected chi connectivity index (χ2v) is 5.50. The van der Waals surface area contributed by atoms with Crippen molar-refractivity contribution in [3.05, 3.63) is 58.9 Å². The highest BCUT2D eigenvalue weighted by molar-refractivity contribution is 6.32. The molecule has 2 rings (SSSR count). The number of phenolic OH excluding ortho intramolecular Hbond substituents is 1. The normalized spacial score (nSPS) is 11.6. The number of methoxy groups -OCH3 is 1. The lowest BCUT2D eigenvalue weighted by atomic mass is 9.99. The SMILES string of the molecule is COC(=O)[C@@H](CNC(=O)c1cccnc1Cl)Cc1ccc(O)cc1. The zero-order chi connectivity index (χ0) is 17.5. The third-order valence-corrected chi connectivity index (χ3v) is 3.77. The van der Waals surface area contributed by atoms with E-state index >= 15 is 0 Å². The number of halogens is 1. The molecule has 0 spiro atoms. The van der Waals surface area contributed by atoms with E-state index in [0.29, 0.717) is 6.42 Å². The quantitative estimate of drug-likeness (QED) is 0.617. The Morgan fingerprint density at radius 1 is 1.29 bits per heavy atom. The zero-order valence-corrected chi connectivity index (χ0v) is 13.8. The van der Waals surface area contributed by atoms with Crippen molar-refractivity contribution in [3.8, 4) is 5.75 Å². The van der Waals surface area contributed by atoms with Crippen LogP contribution >= 0.6 is 11.6 Å². The Kier molecular flexibility index (Phi) is 6.14. The van der Waals surface area contributed by atoms with E-state index in [-0.39, 0.29) is 23.0 Å². The van der Waals surface area contributed by atoms with Gasteiger partial charge < -0.3 is 15.2 Å². The van der Waals surface area contributed by atoms with Crippen LogP contribution in [-0.2, 0) is 16.0 Å². The fourth-order valence-corrected chi connectivity index (χ4v) is 2.39. The van der Waals surface area contributed by atoms with Crippen LogP contribution in [0.4, 0.5) is 0 Å². The Bertz CT molecular complexity index is 719. The molecular weight excluding hydrogens is 332 g/mol. The average Bonchev–Trinajstić information content (AvgIpc) is 2.59. The van der Waals surface area contributed by atoms with Crippen LogP contribution in [0.5, 0.6) is 5.75 Å². The molecule has 0 bridgehead atoms. The Morgan fingerprint density at radius 3 is 2.62 bits per heavy atom. The molecule has 0 aliphatic carbocycles. The van der Waals surface area contributed by atoms with Gasteiger partial charge in [0.05, 0.1) is 18.6 Å². The number of pyridine rings is 1. The maximum Gasteiger partial charge on any atom is 0.310 e. The van der Waals surface area contributed by atoms with Gasteiger partial charge in [0.2, 0.25) is 0 Å². The van der Waals surface area contributed by atoms with Crippen molar-refractivity contribution in [3.63, 3.8) is 0 Å². The van der Waals surface area contributed by atoms with Gasteiger partial charge in [-0.1, -0.05) is 23.7 Å². The Labute approximate surface area is 144 Å². The van der Waals surface area contributed by atoms with Gasteiger partial charge in [0.25, 0.3) is 5.91 Å². The molecule has 2 N–H and O–H groups in total. The number of aromatic nitrogens is 1. The molecule has 6 nitrogen and oxygen atoms in total. The van der Waals surface area contributed by atoms with E-state index in [9.17, 15) is 14.7 Å². The van der Waals surface area contributed by atoms with Crippen molar-refractivity contribution in [1.29, 1.82) is 0 Å². The highest BCUT2D eigenvalue weighted by atomic mass is 35.5. The molecule has 126 valence electrons. The molecule has 0 saturated heterocycles. The maximum atomic E-state index is 12.2. The molecule has 0 aliphatic rings. The highest BCUT2D eigenvalue weighted by Gasteiger charge is 2.21. The van der Waals surface area contributed by atoms with E-state index in [4.69, 9.17) is 16.3 Å². The Morgan fingerprint density at radius 2 is 2.00 bits per heavy atom. The van der Waals surface area contributed by atoms with Crippen LogP contribution in [0.2, 0.25) is 5.15 Å². The number of benzene rings is 1. The van der Waals surface area contributed by atoms with Crippen LogP contribution in [0.25, 0.3) is 0 Å². The summed E-state index contributed by atoms with van der Waals surface area (Å²) in [4.78, 5) is 27.9. The van der Waals surface area contributed by atoms with Crippen LogP contribution in [0.15, 0.2) is 42.6 Å². The molecule has 0 unspecified atom stereocenters. The zero-order valence-electron chi connectivity index (χ0n) is 13.0. The summed E-state index contributed by atoms with van der Waals surface area (Å²) < 4.78 is 4.79. The first kappa shape index (κ1) is 17.7. The number of hydrogen-bond acceptors (Lipinski definition) is 5. The number of carbonyl (C=O) groups is 2. The molecule has 0 aliphatic heterocycles. The van der Waals surface area contributed by atoms with Gasteiger partial charge in [0, 0.05) is 12.7 Å². The second-order valence-electron chi connectivity index (χ2n) is 5.14. The number of aromatic hydroxyl groups is 1. The molecule has 2 aromatic rings. The first-order valence-corrected chi connectivity index (χ1v) is 7.63. The minimum atomic E-state index is -0.557. The lowest BCUT2D eigenvalue weighted by molar-refractivity contribution is -0.145. The van der Waals surface area contributed by atoms with E-state index in [0.717, 1.165) is 5.56 Å². The van der Waals surface area contributed by atoms with Crippen molar-refractivity contribution in [1.82, 2.24) is 10.3 Å². The summed E-state index contributed by atoms with van der Waals surface area (Å²) in [5.41, 5.74) is 1.09. The van der Waals surface area contributed by atoms with E-state index < -0.39 is 17.8 Å². The van der Waals surface area contributed by atoms with Gasteiger partial charge in [-0.2, -0.15) is 0 Å². The fourth-order valence-electron chi connectivity index (χ4n) is 2.19. The maximum absolute atomic E-state index is 12.2. The third kappa shape index (κ3) is 4.70. The van der Waals surface area contributed by atoms with Crippen molar-refractivity contribution in [2.75, 3.05) is 13.7 Å². The first-order chi connectivity index (χ1) is 11.5. The van der Waals surface area contributed by atoms with Gasteiger partial charge in [-0.25, -0.2) is 4.98 Å². The van der Waals surface area contributed by atoms with Crippen molar-refractivity contribution >= 4 is 23.5 Å². The standard InChI is InChI=1S/C17H17ClN2O4/c1-24-17(23)12(9-11-4-6-13(21)7-5-11)10-20-16(22)14-3-2-8-19-15(14)18/h2-8,12,21H,9-10H2,1H3,(H,20,22)/t12-/m1/s1. The molecule has 1 heterocycles. The van der Waals surface area contributed by atoms with E-state index in [1.807, 2.05) is 0 Å². The summed E-state index contributed by atoms with van der Waals surface area (Å²) in [6.45, 7) is 0.0948. The molecule has 1 amide bonds. The summed E-state index contributed by atoms with van der Waals surface area (Å²) in [6.07, 6.45) is 1.86. The number of ether oxygens (including phenoxy) is 1. The molecular formula is C17H17ClN2O4. The fraction of sp³-hybridized carbons (Fsp3) is 0.235. The molecule has 0 radical (unpaired) electrons. The lowest BCUT2D eigenvalue weighted by Gasteiger charge is -2.16. The molecule has 0 saturated carbocycles. The predicted octanol–water partition coefficient (Wildman–Crippen LogP) is 2.20. The van der Waals surface area contributed by atoms with Gasteiger partial charge in [-0.05, 0) is 36.2 Å². The monoisotopic (exact) mass is 348 g/mol. The van der Waals surface area contributed by atoms with Gasteiger partial charge in [-0.15, -0.1) is 0 Å². The highest BCUT2D eigenvalue weighted by Crippen LogP contribution is 2.15. The summed E-state index contributed by atoms with van der Waals surface area (Å²) in [7, 11) is 1.30. The number of amides is 1. The minimum Gasteiger partial charge on any atom is -0.508 e. The number of rotatable bonds is 6. The van der Waals surface area contributed by atoms with Crippen LogP contribution < -0.4 is 5.32 Å². The van der Waals surface area contributed by atoms with Crippen molar-refractivity contribution in [2.45, 2.75) is 6.42 Å². The summed E-state index contributed by atoms with van der Waals surface area (Å²) in [5, 5.41) is 12.1. The van der Waals surface area contributed by atoms with Crippen molar-refractivity contribution in [2.24, 2.45) is 5.92 Å². The number of nitrogens with one attached hydrogen (secondary N) is 1. The minimum absolute atomic E-state index is 0.0948. The lowest BCUT2D eigenvalue weighted by Crippen LogP contribution is -2.35. The Balaban J connectivity index is 2.04. The van der Waals surface area contributed by atoms with E-state index in [1.165, 1.54) is 25.4 Å². The first-order valence-electron chi connectivity index (χ1n) is 7.25. The topological polar surface area (TPSA) is 88.5 Å². The van der Waals surface area contributed by atoms with Gasteiger partial charge >= 0.3 is 5.97 Å². The van der Waals surface area contributed by atoms with Crippen molar-refractivity contribution < 1.29 is 19.4 Å². The van der Waals surface area contributed by atoms with Gasteiger partial charge in [0.15, 0.2) is 0 Å². The third-order valence-electron chi connectivity index (χ3n) is 3.47. The van der Waals surface area contributed by atoms with Crippen LogP contribution in [0.1, 0.15) is 15.9 Å². The van der Waals surface area contributed by atoms with Crippen LogP contribution in [0.3, 0.4) is 0 Å². The predicted molar refractivity (Wildman–Crippen MR) is 88.9 cm³/mol. The molecule has 0 fully saturated rings. The number of carbonyl (C=O) groups excluding carboxylic acids is 2. The molecule has 1 aromatic heterocycles. The van der Waals surface area contributed by atoms with Gasteiger partial charge in [0.1, 0.15) is 10.9 Å². The number of phenols is 1. The summed E-state index contributed by atoms with van der Waals surface area (Å²) in [6, 6.07) is 9.66. The number of nitrogens with zero attached hydrogens (tertiary/aromatic N) is 1. The van der Waals surface area contributed by atoms with Crippen LogP contribution in [0, 0.1) is 5.92 Å². The number of esters is 1. The number of hydrogen-bond donors (Lipinski definition) is 2. The average molecular weight is 349 g/mol. The smallest absolute Gasteiger partial charge is 0.310 e. The summed E-state index contributed by atoms with van der Waals surface area (Å²) >= 11 is 5.88.